The fourth-order valence-electron chi connectivity index (χ4n) is 3.50. The summed E-state index contributed by atoms with van der Waals surface area (Å²) in [7, 11) is 1.43. The molecule has 6 nitrogen and oxygen atoms in total. The van der Waals surface area contributed by atoms with Crippen LogP contribution in [0.25, 0.3) is 0 Å². The fraction of sp³-hybridized carbons (Fsp3) is 0.619. The van der Waals surface area contributed by atoms with Crippen LogP contribution in [0.15, 0.2) is 30.3 Å². The number of esters is 1. The first-order chi connectivity index (χ1) is 12.8. The van der Waals surface area contributed by atoms with Crippen molar-refractivity contribution in [3.8, 4) is 0 Å². The largest absolute Gasteiger partial charge is 0.468 e. The van der Waals surface area contributed by atoms with Gasteiger partial charge in [0.25, 0.3) is 0 Å². The molecule has 1 unspecified atom stereocenters. The predicted molar refractivity (Wildman–Crippen MR) is 105 cm³/mol. The van der Waals surface area contributed by atoms with Gasteiger partial charge in [-0.25, -0.2) is 4.79 Å². The normalized spacial score (nSPS) is 17.2. The maximum atomic E-state index is 12.3. The molecule has 1 aliphatic carbocycles. The Bertz CT molecular complexity index is 619. The number of carbonyl (C=O) groups is 2. The molecule has 1 amide bonds. The first kappa shape index (κ1) is 21.2. The number of ether oxygens (including phenoxy) is 2. The molecule has 0 radical (unpaired) electrons. The number of amides is 1. The van der Waals surface area contributed by atoms with E-state index in [4.69, 9.17) is 9.47 Å². The smallest absolute Gasteiger partial charge is 0.407 e. The Hall–Kier alpha value is -2.08. The highest BCUT2D eigenvalue weighted by Crippen LogP contribution is 2.31. The zero-order valence-corrected chi connectivity index (χ0v) is 16.8. The van der Waals surface area contributed by atoms with E-state index < -0.39 is 17.2 Å². The molecule has 150 valence electrons. The molecule has 6 heteroatoms. The van der Waals surface area contributed by atoms with E-state index in [-0.39, 0.29) is 11.9 Å². The van der Waals surface area contributed by atoms with Gasteiger partial charge in [0, 0.05) is 19.0 Å². The third-order valence-electron chi connectivity index (χ3n) is 4.88. The van der Waals surface area contributed by atoms with Crippen molar-refractivity contribution < 1.29 is 19.1 Å². The van der Waals surface area contributed by atoms with Crippen LogP contribution >= 0.6 is 0 Å². The van der Waals surface area contributed by atoms with Crippen molar-refractivity contribution in [1.82, 2.24) is 10.6 Å². The first-order valence-electron chi connectivity index (χ1n) is 9.61. The van der Waals surface area contributed by atoms with Crippen LogP contribution in [0.5, 0.6) is 0 Å². The molecular weight excluding hydrogens is 344 g/mol. The van der Waals surface area contributed by atoms with Crippen molar-refractivity contribution >= 4 is 12.1 Å². The lowest BCUT2D eigenvalue weighted by atomic mass is 9.94. The quantitative estimate of drug-likeness (QED) is 0.714. The van der Waals surface area contributed by atoms with Gasteiger partial charge in [-0.05, 0) is 39.2 Å². The highest BCUT2D eigenvalue weighted by Gasteiger charge is 2.42. The Morgan fingerprint density at radius 3 is 2.30 bits per heavy atom. The van der Waals surface area contributed by atoms with Crippen LogP contribution in [-0.2, 0) is 14.3 Å². The summed E-state index contributed by atoms with van der Waals surface area (Å²) in [5.41, 5.74) is -0.0593. The molecule has 0 spiro atoms. The van der Waals surface area contributed by atoms with Gasteiger partial charge in [0.15, 0.2) is 0 Å². The lowest BCUT2D eigenvalue weighted by Gasteiger charge is -2.30. The van der Waals surface area contributed by atoms with Gasteiger partial charge in [0.05, 0.1) is 7.11 Å². The number of hydrogen-bond donors (Lipinski definition) is 2. The Morgan fingerprint density at radius 2 is 1.74 bits per heavy atom. The number of alkyl carbamates (subject to hydrolysis) is 1. The maximum absolute atomic E-state index is 12.3. The van der Waals surface area contributed by atoms with E-state index in [1.165, 1.54) is 7.11 Å². The van der Waals surface area contributed by atoms with Crippen LogP contribution in [-0.4, -0.2) is 43.4 Å². The summed E-state index contributed by atoms with van der Waals surface area (Å²) in [6.45, 7) is 6.49. The average molecular weight is 376 g/mol. The van der Waals surface area contributed by atoms with Gasteiger partial charge in [0.1, 0.15) is 11.1 Å². The van der Waals surface area contributed by atoms with Crippen LogP contribution < -0.4 is 10.6 Å². The molecule has 1 aromatic carbocycles. The molecular formula is C21H32N2O4. The van der Waals surface area contributed by atoms with Crippen LogP contribution in [0.4, 0.5) is 4.79 Å². The molecule has 27 heavy (non-hydrogen) atoms. The van der Waals surface area contributed by atoms with Gasteiger partial charge in [-0.15, -0.1) is 0 Å². The van der Waals surface area contributed by atoms with Crippen molar-refractivity contribution in [3.05, 3.63) is 35.9 Å². The molecule has 0 heterocycles. The van der Waals surface area contributed by atoms with Crippen molar-refractivity contribution in [2.45, 2.75) is 63.5 Å². The first-order valence-corrected chi connectivity index (χ1v) is 9.61. The van der Waals surface area contributed by atoms with E-state index in [0.717, 1.165) is 31.2 Å². The number of hydrogen-bond acceptors (Lipinski definition) is 5. The Labute approximate surface area is 162 Å². The highest BCUT2D eigenvalue weighted by molar-refractivity contribution is 5.81. The Morgan fingerprint density at radius 1 is 1.11 bits per heavy atom. The van der Waals surface area contributed by atoms with E-state index in [0.29, 0.717) is 13.1 Å². The second-order valence-electron chi connectivity index (χ2n) is 8.15. The van der Waals surface area contributed by atoms with Crippen LogP contribution in [0.2, 0.25) is 0 Å². The van der Waals surface area contributed by atoms with Gasteiger partial charge < -0.3 is 20.1 Å². The summed E-state index contributed by atoms with van der Waals surface area (Å²) >= 11 is 0. The van der Waals surface area contributed by atoms with E-state index in [9.17, 15) is 9.59 Å². The molecule has 1 fully saturated rings. The summed E-state index contributed by atoms with van der Waals surface area (Å²) in [5.74, 6) is -0.187. The molecule has 1 aromatic rings. The number of benzene rings is 1. The van der Waals surface area contributed by atoms with Gasteiger partial charge >= 0.3 is 12.1 Å². The van der Waals surface area contributed by atoms with E-state index in [1.807, 2.05) is 51.1 Å². The maximum Gasteiger partial charge on any atom is 0.407 e. The van der Waals surface area contributed by atoms with Crippen molar-refractivity contribution in [1.29, 1.82) is 0 Å². The summed E-state index contributed by atoms with van der Waals surface area (Å²) in [6, 6.07) is 9.97. The molecule has 0 aromatic heterocycles. The molecule has 1 atom stereocenters. The van der Waals surface area contributed by atoms with E-state index in [1.54, 1.807) is 0 Å². The third-order valence-corrected chi connectivity index (χ3v) is 4.88. The SMILES string of the molecule is COC(=O)C1(NCC(CNC(=O)OC(C)(C)C)c2ccccc2)CCCC1. The summed E-state index contributed by atoms with van der Waals surface area (Å²) in [4.78, 5) is 24.4. The van der Waals surface area contributed by atoms with Crippen LogP contribution in [0.3, 0.4) is 0 Å². The second kappa shape index (κ2) is 9.22. The highest BCUT2D eigenvalue weighted by atomic mass is 16.6. The molecule has 0 aliphatic heterocycles. The standard InChI is InChI=1S/C21H32N2O4/c1-20(2,3)27-19(25)22-14-17(16-10-6-5-7-11-16)15-23-21(18(24)26-4)12-8-9-13-21/h5-7,10-11,17,23H,8-9,12-15H2,1-4H3,(H,22,25). The second-order valence-corrected chi connectivity index (χ2v) is 8.15. The number of nitrogens with one attached hydrogen (secondary N) is 2. The zero-order valence-electron chi connectivity index (χ0n) is 16.8. The van der Waals surface area contributed by atoms with Crippen LogP contribution in [0.1, 0.15) is 57.9 Å². The molecule has 0 saturated heterocycles. The zero-order chi connectivity index (χ0) is 19.9. The molecule has 2 N–H and O–H groups in total. The summed E-state index contributed by atoms with van der Waals surface area (Å²) < 4.78 is 10.4. The molecule has 0 bridgehead atoms. The fourth-order valence-corrected chi connectivity index (χ4v) is 3.50. The van der Waals surface area contributed by atoms with Gasteiger partial charge in [0.2, 0.25) is 0 Å². The summed E-state index contributed by atoms with van der Waals surface area (Å²) in [6.07, 6.45) is 3.14. The molecule has 2 rings (SSSR count). The van der Waals surface area contributed by atoms with Crippen molar-refractivity contribution in [2.24, 2.45) is 0 Å². The van der Waals surface area contributed by atoms with Gasteiger partial charge in [-0.3, -0.25) is 4.79 Å². The van der Waals surface area contributed by atoms with Crippen LogP contribution in [0, 0.1) is 0 Å². The molecule has 1 aliphatic rings. The minimum absolute atomic E-state index is 0.0147. The Kier molecular flexibility index (Phi) is 7.25. The van der Waals surface area contributed by atoms with Gasteiger partial charge in [-0.2, -0.15) is 0 Å². The summed E-state index contributed by atoms with van der Waals surface area (Å²) in [5, 5.41) is 6.30. The average Bonchev–Trinajstić information content (AvgIpc) is 3.10. The van der Waals surface area contributed by atoms with Crippen molar-refractivity contribution in [2.75, 3.05) is 20.2 Å². The van der Waals surface area contributed by atoms with E-state index >= 15 is 0 Å². The number of methoxy groups -OCH3 is 1. The monoisotopic (exact) mass is 376 g/mol. The minimum Gasteiger partial charge on any atom is -0.468 e. The predicted octanol–water partition coefficient (Wildman–Crippen LogP) is 3.37. The molecule has 1 saturated carbocycles. The third kappa shape index (κ3) is 6.24. The van der Waals surface area contributed by atoms with Crippen molar-refractivity contribution in [3.63, 3.8) is 0 Å². The Balaban J connectivity index is 2.05. The minimum atomic E-state index is -0.617. The lowest BCUT2D eigenvalue weighted by molar-refractivity contribution is -0.148. The topological polar surface area (TPSA) is 76.7 Å². The number of carbonyl (C=O) groups excluding carboxylic acids is 2. The lowest BCUT2D eigenvalue weighted by Crippen LogP contribution is -2.52. The number of rotatable bonds is 7. The van der Waals surface area contributed by atoms with E-state index in [2.05, 4.69) is 10.6 Å². The van der Waals surface area contributed by atoms with Gasteiger partial charge in [-0.1, -0.05) is 43.2 Å².